The van der Waals surface area contributed by atoms with Crippen molar-refractivity contribution in [2.24, 2.45) is 0 Å². The Morgan fingerprint density at radius 1 is 1.30 bits per heavy atom. The zero-order chi connectivity index (χ0) is 14.0. The summed E-state index contributed by atoms with van der Waals surface area (Å²) < 4.78 is 5.50. The van der Waals surface area contributed by atoms with Crippen LogP contribution in [-0.2, 0) is 11.8 Å². The maximum Gasteiger partial charge on any atom is 0.233 e. The summed E-state index contributed by atoms with van der Waals surface area (Å²) in [5.41, 5.74) is 2.47. The van der Waals surface area contributed by atoms with Crippen LogP contribution in [-0.4, -0.2) is 23.2 Å². The molecule has 106 valence electrons. The van der Waals surface area contributed by atoms with Gasteiger partial charge in [0, 0.05) is 13.0 Å². The molecule has 0 bridgehead atoms. The molecule has 2 aromatic rings. The van der Waals surface area contributed by atoms with Crippen LogP contribution >= 0.6 is 0 Å². The molecule has 4 heteroatoms. The van der Waals surface area contributed by atoms with Gasteiger partial charge in [0.1, 0.15) is 0 Å². The standard InChI is InChI=1S/C16H21N3O/c1-12-4-6-13(7-5-12)10-14-18-15(20-19-14)16(2)8-3-9-17-11-16/h4-7,17H,3,8-11H2,1-2H3. The molecule has 1 fully saturated rings. The van der Waals surface area contributed by atoms with Gasteiger partial charge in [0.2, 0.25) is 5.89 Å². The molecular weight excluding hydrogens is 250 g/mol. The molecule has 0 amide bonds. The van der Waals surface area contributed by atoms with Crippen LogP contribution in [0.3, 0.4) is 0 Å². The van der Waals surface area contributed by atoms with Gasteiger partial charge in [0.25, 0.3) is 0 Å². The fourth-order valence-corrected chi connectivity index (χ4v) is 2.70. The van der Waals surface area contributed by atoms with E-state index in [1.807, 2.05) is 0 Å². The van der Waals surface area contributed by atoms with Crippen molar-refractivity contribution in [1.82, 2.24) is 15.5 Å². The molecular formula is C16H21N3O. The van der Waals surface area contributed by atoms with Gasteiger partial charge in [-0.15, -0.1) is 0 Å². The predicted octanol–water partition coefficient (Wildman–Crippen LogP) is 2.61. The van der Waals surface area contributed by atoms with Gasteiger partial charge in [-0.25, -0.2) is 0 Å². The third-order valence-electron chi connectivity index (χ3n) is 4.06. The zero-order valence-corrected chi connectivity index (χ0v) is 12.1. The number of aromatic nitrogens is 2. The summed E-state index contributed by atoms with van der Waals surface area (Å²) in [6, 6.07) is 8.47. The molecule has 1 aliphatic rings. The Bertz CT molecular complexity index is 568. The molecule has 0 saturated carbocycles. The van der Waals surface area contributed by atoms with Crippen LogP contribution in [0.5, 0.6) is 0 Å². The normalized spacial score (nSPS) is 22.9. The highest BCUT2D eigenvalue weighted by molar-refractivity contribution is 5.23. The first-order chi connectivity index (χ1) is 9.66. The SMILES string of the molecule is Cc1ccc(Cc2noc(C3(C)CCCNC3)n2)cc1. The number of nitrogens with one attached hydrogen (secondary N) is 1. The highest BCUT2D eigenvalue weighted by Gasteiger charge is 2.34. The zero-order valence-electron chi connectivity index (χ0n) is 12.1. The first kappa shape index (κ1) is 13.3. The van der Waals surface area contributed by atoms with E-state index < -0.39 is 0 Å². The number of benzene rings is 1. The van der Waals surface area contributed by atoms with Crippen molar-refractivity contribution in [1.29, 1.82) is 0 Å². The second kappa shape index (κ2) is 5.37. The summed E-state index contributed by atoms with van der Waals surface area (Å²) in [6.45, 7) is 6.29. The van der Waals surface area contributed by atoms with Gasteiger partial charge in [0.15, 0.2) is 5.82 Å². The molecule has 1 atom stereocenters. The number of nitrogens with zero attached hydrogens (tertiary/aromatic N) is 2. The summed E-state index contributed by atoms with van der Waals surface area (Å²) in [7, 11) is 0. The molecule has 1 aromatic heterocycles. The Balaban J connectivity index is 1.74. The van der Waals surface area contributed by atoms with E-state index in [1.54, 1.807) is 0 Å². The molecule has 4 nitrogen and oxygen atoms in total. The summed E-state index contributed by atoms with van der Waals surface area (Å²) in [4.78, 5) is 4.61. The van der Waals surface area contributed by atoms with Gasteiger partial charge in [-0.3, -0.25) is 0 Å². The quantitative estimate of drug-likeness (QED) is 0.932. The molecule has 1 aromatic carbocycles. The van der Waals surface area contributed by atoms with Gasteiger partial charge >= 0.3 is 0 Å². The van der Waals surface area contributed by atoms with Crippen molar-refractivity contribution in [3.8, 4) is 0 Å². The molecule has 3 rings (SSSR count). The van der Waals surface area contributed by atoms with Crippen LogP contribution in [0.25, 0.3) is 0 Å². The predicted molar refractivity (Wildman–Crippen MR) is 77.7 cm³/mol. The number of rotatable bonds is 3. The second-order valence-corrected chi connectivity index (χ2v) is 6.02. The van der Waals surface area contributed by atoms with E-state index in [9.17, 15) is 0 Å². The number of aryl methyl sites for hydroxylation is 1. The minimum atomic E-state index is -0.0171. The molecule has 1 unspecified atom stereocenters. The minimum absolute atomic E-state index is 0.0171. The Kier molecular flexibility index (Phi) is 3.57. The van der Waals surface area contributed by atoms with Crippen molar-refractivity contribution >= 4 is 0 Å². The lowest BCUT2D eigenvalue weighted by molar-refractivity contribution is 0.245. The lowest BCUT2D eigenvalue weighted by Gasteiger charge is -2.30. The minimum Gasteiger partial charge on any atom is -0.339 e. The van der Waals surface area contributed by atoms with Crippen molar-refractivity contribution in [2.45, 2.75) is 38.5 Å². The number of piperidine rings is 1. The number of hydrogen-bond donors (Lipinski definition) is 1. The summed E-state index contributed by atoms with van der Waals surface area (Å²) in [5.74, 6) is 1.54. The third-order valence-corrected chi connectivity index (χ3v) is 4.06. The first-order valence-corrected chi connectivity index (χ1v) is 7.25. The Morgan fingerprint density at radius 3 is 2.80 bits per heavy atom. The maximum absolute atomic E-state index is 5.50. The fourth-order valence-electron chi connectivity index (χ4n) is 2.70. The molecule has 1 aliphatic heterocycles. The van der Waals surface area contributed by atoms with E-state index in [2.05, 4.69) is 53.6 Å². The first-order valence-electron chi connectivity index (χ1n) is 7.25. The summed E-state index contributed by atoms with van der Waals surface area (Å²) >= 11 is 0. The summed E-state index contributed by atoms with van der Waals surface area (Å²) in [5, 5.41) is 7.55. The molecule has 0 aliphatic carbocycles. The monoisotopic (exact) mass is 271 g/mol. The van der Waals surface area contributed by atoms with Gasteiger partial charge in [0.05, 0.1) is 5.41 Å². The number of hydrogen-bond acceptors (Lipinski definition) is 4. The molecule has 2 heterocycles. The van der Waals surface area contributed by atoms with Crippen molar-refractivity contribution in [3.63, 3.8) is 0 Å². The maximum atomic E-state index is 5.50. The van der Waals surface area contributed by atoms with Crippen LogP contribution in [0.2, 0.25) is 0 Å². The van der Waals surface area contributed by atoms with E-state index in [0.717, 1.165) is 44.1 Å². The van der Waals surface area contributed by atoms with Crippen molar-refractivity contribution in [3.05, 3.63) is 47.1 Å². The van der Waals surface area contributed by atoms with Crippen LogP contribution in [0.4, 0.5) is 0 Å². The van der Waals surface area contributed by atoms with E-state index in [0.29, 0.717) is 0 Å². The Morgan fingerprint density at radius 2 is 2.10 bits per heavy atom. The average molecular weight is 271 g/mol. The van der Waals surface area contributed by atoms with Crippen molar-refractivity contribution < 1.29 is 4.52 Å². The molecule has 1 N–H and O–H groups in total. The topological polar surface area (TPSA) is 51.0 Å². The molecule has 20 heavy (non-hydrogen) atoms. The lowest BCUT2D eigenvalue weighted by atomic mass is 9.83. The molecule has 0 radical (unpaired) electrons. The van der Waals surface area contributed by atoms with Crippen LogP contribution in [0.1, 0.15) is 42.6 Å². The van der Waals surface area contributed by atoms with Gasteiger partial charge < -0.3 is 9.84 Å². The fraction of sp³-hybridized carbons (Fsp3) is 0.500. The van der Waals surface area contributed by atoms with E-state index in [-0.39, 0.29) is 5.41 Å². The smallest absolute Gasteiger partial charge is 0.233 e. The van der Waals surface area contributed by atoms with Crippen LogP contribution in [0, 0.1) is 6.92 Å². The largest absolute Gasteiger partial charge is 0.339 e. The Labute approximate surface area is 119 Å². The van der Waals surface area contributed by atoms with Crippen molar-refractivity contribution in [2.75, 3.05) is 13.1 Å². The molecule has 1 saturated heterocycles. The van der Waals surface area contributed by atoms with E-state index in [4.69, 9.17) is 4.52 Å². The van der Waals surface area contributed by atoms with E-state index >= 15 is 0 Å². The second-order valence-electron chi connectivity index (χ2n) is 6.02. The highest BCUT2D eigenvalue weighted by Crippen LogP contribution is 2.29. The highest BCUT2D eigenvalue weighted by atomic mass is 16.5. The Hall–Kier alpha value is -1.68. The lowest BCUT2D eigenvalue weighted by Crippen LogP contribution is -2.41. The van der Waals surface area contributed by atoms with Gasteiger partial charge in [-0.1, -0.05) is 35.0 Å². The molecule has 0 spiro atoms. The van der Waals surface area contributed by atoms with Crippen LogP contribution < -0.4 is 5.32 Å². The average Bonchev–Trinajstić information content (AvgIpc) is 2.92. The summed E-state index contributed by atoms with van der Waals surface area (Å²) in [6.07, 6.45) is 2.99. The van der Waals surface area contributed by atoms with Gasteiger partial charge in [-0.05, 0) is 38.8 Å². The van der Waals surface area contributed by atoms with Gasteiger partial charge in [-0.2, -0.15) is 4.98 Å². The van der Waals surface area contributed by atoms with E-state index in [1.165, 1.54) is 11.1 Å². The third kappa shape index (κ3) is 2.75. The van der Waals surface area contributed by atoms with Crippen LogP contribution in [0.15, 0.2) is 28.8 Å².